The van der Waals surface area contributed by atoms with Crippen molar-refractivity contribution in [1.29, 1.82) is 0 Å². The largest absolute Gasteiger partial charge is 0.465 e. The lowest BCUT2D eigenvalue weighted by molar-refractivity contribution is -0.0997. The highest BCUT2D eigenvalue weighted by molar-refractivity contribution is 8.59. The van der Waals surface area contributed by atoms with E-state index in [4.69, 9.17) is 9.47 Å². The molecule has 0 spiro atoms. The fourth-order valence-electron chi connectivity index (χ4n) is 4.43. The highest BCUT2D eigenvalue weighted by Gasteiger charge is 2.40. The quantitative estimate of drug-likeness (QED) is 0.319. The maximum absolute atomic E-state index is 10.6. The van der Waals surface area contributed by atoms with E-state index in [0.29, 0.717) is 17.9 Å². The summed E-state index contributed by atoms with van der Waals surface area (Å²) in [6.45, 7) is 9.16. The molecule has 0 bridgehead atoms. The molecule has 6 atom stereocenters. The van der Waals surface area contributed by atoms with Crippen molar-refractivity contribution in [2.24, 2.45) is 23.7 Å². The monoisotopic (exact) mass is 414 g/mol. The summed E-state index contributed by atoms with van der Waals surface area (Å²) in [6, 6.07) is 9.62. The van der Waals surface area contributed by atoms with Gasteiger partial charge in [0.05, 0.1) is 12.7 Å². The van der Waals surface area contributed by atoms with Gasteiger partial charge in [-0.2, -0.15) is 0 Å². The van der Waals surface area contributed by atoms with Crippen LogP contribution in [-0.4, -0.2) is 24.1 Å². The number of thiol groups is 2. The molecule has 0 radical (unpaired) electrons. The van der Waals surface area contributed by atoms with Gasteiger partial charge in [0.1, 0.15) is 5.75 Å². The Balaban J connectivity index is 0.000000855. The van der Waals surface area contributed by atoms with Crippen LogP contribution in [0.3, 0.4) is 0 Å². The molecule has 1 N–H and O–H groups in total. The maximum atomic E-state index is 10.6. The standard InChI is InChI=1S/C20H30O3.C2H6.H2S2/c1-14-11-12-16-7-6-10-18(19(16)13-22-14)15(2)20(21)23-17-8-4-3-5-9-17;2*1-2/h3-5,8-9,14-16,18-21H,6-7,10-13H2,1-2H3;1-2H3;1-2H. The topological polar surface area (TPSA) is 38.7 Å². The zero-order valence-corrected chi connectivity index (χ0v) is 19.0. The Labute approximate surface area is 176 Å². The summed E-state index contributed by atoms with van der Waals surface area (Å²) in [5.41, 5.74) is 0. The van der Waals surface area contributed by atoms with Crippen molar-refractivity contribution in [3.8, 4) is 5.75 Å². The predicted molar refractivity (Wildman–Crippen MR) is 121 cm³/mol. The Morgan fingerprint density at radius 1 is 1.07 bits per heavy atom. The van der Waals surface area contributed by atoms with Crippen molar-refractivity contribution < 1.29 is 14.6 Å². The molecule has 6 unspecified atom stereocenters. The molecule has 1 saturated heterocycles. The van der Waals surface area contributed by atoms with Crippen LogP contribution in [0.15, 0.2) is 30.3 Å². The molecule has 3 nitrogen and oxygen atoms in total. The minimum absolute atomic E-state index is 0.125. The molecule has 1 saturated carbocycles. The molecule has 1 aliphatic heterocycles. The number of fused-ring (bicyclic) bond motifs is 1. The number of benzene rings is 1. The van der Waals surface area contributed by atoms with E-state index >= 15 is 0 Å². The summed E-state index contributed by atoms with van der Waals surface area (Å²) in [6.07, 6.45) is 5.83. The van der Waals surface area contributed by atoms with Gasteiger partial charge in [-0.1, -0.05) is 51.8 Å². The van der Waals surface area contributed by atoms with Gasteiger partial charge in [-0.3, -0.25) is 0 Å². The summed E-state index contributed by atoms with van der Waals surface area (Å²) in [7, 11) is 0. The average molecular weight is 415 g/mol. The summed E-state index contributed by atoms with van der Waals surface area (Å²) in [5.74, 6) is 2.67. The van der Waals surface area contributed by atoms with Gasteiger partial charge in [0.15, 0.2) is 6.29 Å². The van der Waals surface area contributed by atoms with Crippen molar-refractivity contribution in [3.05, 3.63) is 30.3 Å². The van der Waals surface area contributed by atoms with Crippen molar-refractivity contribution in [3.63, 3.8) is 0 Å². The van der Waals surface area contributed by atoms with Crippen LogP contribution >= 0.6 is 23.3 Å². The van der Waals surface area contributed by atoms with Crippen LogP contribution in [0.5, 0.6) is 5.75 Å². The SMILES string of the molecule is CC.CC1CCC2CCCC(C(C)C(O)Oc3ccccc3)C2CO1.SS. The highest BCUT2D eigenvalue weighted by atomic mass is 33.1. The molecule has 0 amide bonds. The fourth-order valence-corrected chi connectivity index (χ4v) is 4.43. The van der Waals surface area contributed by atoms with Crippen molar-refractivity contribution in [1.82, 2.24) is 0 Å². The molecule has 5 heteroatoms. The molecule has 1 heterocycles. The molecular weight excluding hydrogens is 376 g/mol. The van der Waals surface area contributed by atoms with E-state index in [1.807, 2.05) is 44.2 Å². The minimum Gasteiger partial charge on any atom is -0.465 e. The average Bonchev–Trinajstić information content (AvgIpc) is 2.93. The third-order valence-corrected chi connectivity index (χ3v) is 5.91. The van der Waals surface area contributed by atoms with Gasteiger partial charge in [-0.15, -0.1) is 23.3 Å². The third-order valence-electron chi connectivity index (χ3n) is 5.91. The van der Waals surface area contributed by atoms with Crippen LogP contribution in [0.4, 0.5) is 0 Å². The number of para-hydroxylation sites is 1. The van der Waals surface area contributed by atoms with Crippen molar-refractivity contribution >= 4 is 23.3 Å². The first-order valence-corrected chi connectivity index (χ1v) is 12.0. The van der Waals surface area contributed by atoms with Gasteiger partial charge in [0, 0.05) is 5.92 Å². The van der Waals surface area contributed by atoms with Crippen LogP contribution in [0, 0.1) is 23.7 Å². The molecule has 0 aromatic heterocycles. The van der Waals surface area contributed by atoms with Crippen molar-refractivity contribution in [2.45, 2.75) is 72.2 Å². The normalized spacial score (nSPS) is 29.4. The number of rotatable bonds is 4. The van der Waals surface area contributed by atoms with Gasteiger partial charge in [0.25, 0.3) is 0 Å². The Kier molecular flexibility index (Phi) is 12.6. The van der Waals surface area contributed by atoms with E-state index in [9.17, 15) is 5.11 Å². The summed E-state index contributed by atoms with van der Waals surface area (Å²) >= 11 is 6.44. The lowest BCUT2D eigenvalue weighted by Crippen LogP contribution is -2.40. The van der Waals surface area contributed by atoms with Crippen LogP contribution in [-0.2, 0) is 4.74 Å². The second-order valence-corrected chi connectivity index (χ2v) is 7.42. The molecule has 27 heavy (non-hydrogen) atoms. The van der Waals surface area contributed by atoms with E-state index in [-0.39, 0.29) is 5.92 Å². The molecule has 1 aromatic rings. The molecule has 1 aliphatic carbocycles. The first-order valence-electron chi connectivity index (χ1n) is 10.4. The molecule has 3 rings (SSSR count). The smallest absolute Gasteiger partial charge is 0.200 e. The lowest BCUT2D eigenvalue weighted by Gasteiger charge is -2.41. The molecular formula is C22H38O3S2. The zero-order valence-electron chi connectivity index (χ0n) is 17.3. The van der Waals surface area contributed by atoms with E-state index in [0.717, 1.165) is 18.3 Å². The molecule has 2 fully saturated rings. The van der Waals surface area contributed by atoms with E-state index in [1.165, 1.54) is 32.1 Å². The number of hydrogen-bond donors (Lipinski definition) is 3. The maximum Gasteiger partial charge on any atom is 0.200 e. The Bertz CT molecular complexity index is 486. The van der Waals surface area contributed by atoms with Crippen LogP contribution < -0.4 is 4.74 Å². The lowest BCUT2D eigenvalue weighted by atomic mass is 9.66. The summed E-state index contributed by atoms with van der Waals surface area (Å²) in [4.78, 5) is 0. The minimum atomic E-state index is -0.748. The third kappa shape index (κ3) is 7.52. The van der Waals surface area contributed by atoms with Gasteiger partial charge < -0.3 is 14.6 Å². The second-order valence-electron chi connectivity index (χ2n) is 7.42. The molecule has 156 valence electrons. The highest BCUT2D eigenvalue weighted by Crippen LogP contribution is 2.44. The van der Waals surface area contributed by atoms with E-state index in [2.05, 4.69) is 37.2 Å². The molecule has 1 aromatic carbocycles. The van der Waals surface area contributed by atoms with E-state index < -0.39 is 6.29 Å². The first-order chi connectivity index (χ1) is 13.1. The molecule has 2 aliphatic rings. The number of aliphatic hydroxyl groups is 1. The number of hydrogen-bond acceptors (Lipinski definition) is 5. The number of aliphatic hydroxyl groups excluding tert-OH is 1. The Morgan fingerprint density at radius 2 is 1.74 bits per heavy atom. The second kappa shape index (κ2) is 13.8. The van der Waals surface area contributed by atoms with Gasteiger partial charge in [-0.25, -0.2) is 0 Å². The van der Waals surface area contributed by atoms with Gasteiger partial charge in [-0.05, 0) is 56.1 Å². The number of ether oxygens (including phenoxy) is 2. The zero-order chi connectivity index (χ0) is 20.2. The van der Waals surface area contributed by atoms with Crippen LogP contribution in [0.2, 0.25) is 0 Å². The fraction of sp³-hybridized carbons (Fsp3) is 0.727. The first kappa shape index (κ1) is 24.7. The summed E-state index contributed by atoms with van der Waals surface area (Å²) < 4.78 is 11.8. The van der Waals surface area contributed by atoms with Crippen LogP contribution in [0.1, 0.15) is 59.8 Å². The van der Waals surface area contributed by atoms with Crippen LogP contribution in [0.25, 0.3) is 0 Å². The van der Waals surface area contributed by atoms with E-state index in [1.54, 1.807) is 0 Å². The summed E-state index contributed by atoms with van der Waals surface area (Å²) in [5, 5.41) is 10.6. The van der Waals surface area contributed by atoms with Crippen molar-refractivity contribution in [2.75, 3.05) is 6.61 Å². The Hall–Kier alpha value is -0.360. The predicted octanol–water partition coefficient (Wildman–Crippen LogP) is 6.04. The van der Waals surface area contributed by atoms with Gasteiger partial charge >= 0.3 is 0 Å². The Morgan fingerprint density at radius 3 is 2.41 bits per heavy atom. The van der Waals surface area contributed by atoms with Gasteiger partial charge in [0.2, 0.25) is 0 Å².